The van der Waals surface area contributed by atoms with Gasteiger partial charge in [-0.1, -0.05) is 206 Å². The van der Waals surface area contributed by atoms with E-state index < -0.39 is 5.41 Å². The van der Waals surface area contributed by atoms with Gasteiger partial charge in [0.1, 0.15) is 0 Å². The molecule has 4 aliphatic rings. The van der Waals surface area contributed by atoms with Gasteiger partial charge < -0.3 is 9.80 Å². The van der Waals surface area contributed by atoms with Crippen molar-refractivity contribution < 1.29 is 0 Å². The van der Waals surface area contributed by atoms with Gasteiger partial charge in [-0.25, -0.2) is 0 Å². The smallest absolute Gasteiger partial charge is 0.0726 e. The molecule has 0 saturated carbocycles. The molecule has 0 aromatic heterocycles. The summed E-state index contributed by atoms with van der Waals surface area (Å²) in [5.74, 6) is 0. The molecule has 2 aliphatic heterocycles. The zero-order valence-electron chi connectivity index (χ0n) is 36.6. The van der Waals surface area contributed by atoms with Crippen molar-refractivity contribution in [3.63, 3.8) is 0 Å². The van der Waals surface area contributed by atoms with Gasteiger partial charge in [-0.15, -0.1) is 0 Å². The molecule has 0 radical (unpaired) electrons. The van der Waals surface area contributed by atoms with Crippen LogP contribution in [0.15, 0.2) is 218 Å². The lowest BCUT2D eigenvalue weighted by Gasteiger charge is -2.32. The first-order valence-corrected chi connectivity index (χ1v) is 23.3. The summed E-state index contributed by atoms with van der Waals surface area (Å²) in [7, 11) is 0. The first kappa shape index (κ1) is 37.6. The molecule has 0 N–H and O–H groups in total. The molecule has 14 rings (SSSR count). The second-order valence-corrected chi connectivity index (χ2v) is 18.0. The lowest BCUT2D eigenvalue weighted by atomic mass is 9.70. The van der Waals surface area contributed by atoms with E-state index in [1.807, 2.05) is 0 Å². The number of rotatable bonds is 4. The highest BCUT2D eigenvalue weighted by molar-refractivity contribution is 6.06. The summed E-state index contributed by atoms with van der Waals surface area (Å²) in [5.41, 5.74) is 24.1. The van der Waals surface area contributed by atoms with Gasteiger partial charge in [0, 0.05) is 11.1 Å². The molecule has 10 aromatic carbocycles. The molecular formula is C65H42N2. The summed E-state index contributed by atoms with van der Waals surface area (Å²) >= 11 is 0. The highest BCUT2D eigenvalue weighted by Gasteiger charge is 2.52. The third kappa shape index (κ3) is 5.51. The lowest BCUT2D eigenvalue weighted by molar-refractivity contribution is 0.793. The van der Waals surface area contributed by atoms with Crippen LogP contribution < -0.4 is 9.80 Å². The molecule has 2 heterocycles. The van der Waals surface area contributed by atoms with Crippen LogP contribution in [0.2, 0.25) is 0 Å². The SMILES string of the molecule is C1=Cc2ccccc2N(c2ccc3c(c2)C2(c4ccccc4-c4ccccc42)c2cc(/C=C/c4ccc(N5c6ccccc6C=Cc6ccccc65)c5ccccc45)ccc2-3)c2ccccc21. The number of hydrogen-bond acceptors (Lipinski definition) is 2. The van der Waals surface area contributed by atoms with Crippen molar-refractivity contribution >= 4 is 81.4 Å². The van der Waals surface area contributed by atoms with Crippen LogP contribution in [0, 0.1) is 0 Å². The summed E-state index contributed by atoms with van der Waals surface area (Å²) in [6, 6.07) is 80.9. The molecule has 0 saturated heterocycles. The van der Waals surface area contributed by atoms with Crippen LogP contribution in [-0.4, -0.2) is 0 Å². The average molecular weight is 851 g/mol. The average Bonchev–Trinajstić information content (AvgIpc) is 3.69. The number of nitrogens with zero attached hydrogens (tertiary/aromatic N) is 2. The van der Waals surface area contributed by atoms with Crippen LogP contribution in [0.5, 0.6) is 0 Å². The number of hydrogen-bond donors (Lipinski definition) is 0. The van der Waals surface area contributed by atoms with Gasteiger partial charge in [0.25, 0.3) is 0 Å². The van der Waals surface area contributed by atoms with E-state index in [1.165, 1.54) is 111 Å². The molecule has 2 aliphatic carbocycles. The quantitative estimate of drug-likeness (QED) is 0.163. The summed E-state index contributed by atoms with van der Waals surface area (Å²) < 4.78 is 0. The number of fused-ring (bicyclic) bond motifs is 15. The summed E-state index contributed by atoms with van der Waals surface area (Å²) in [4.78, 5) is 4.89. The van der Waals surface area contributed by atoms with Gasteiger partial charge in [0.2, 0.25) is 0 Å². The van der Waals surface area contributed by atoms with Crippen LogP contribution in [0.3, 0.4) is 0 Å². The van der Waals surface area contributed by atoms with Crippen LogP contribution in [-0.2, 0) is 5.41 Å². The maximum absolute atomic E-state index is 2.49. The molecule has 0 unspecified atom stereocenters. The van der Waals surface area contributed by atoms with Crippen LogP contribution >= 0.6 is 0 Å². The van der Waals surface area contributed by atoms with E-state index in [4.69, 9.17) is 0 Å². The third-order valence-electron chi connectivity index (χ3n) is 14.6. The van der Waals surface area contributed by atoms with Gasteiger partial charge in [0.05, 0.1) is 33.9 Å². The second kappa shape index (κ2) is 14.7. The van der Waals surface area contributed by atoms with Crippen molar-refractivity contribution in [1.29, 1.82) is 0 Å². The summed E-state index contributed by atoms with van der Waals surface area (Å²) in [6.45, 7) is 0. The van der Waals surface area contributed by atoms with E-state index in [0.29, 0.717) is 0 Å². The van der Waals surface area contributed by atoms with Crippen molar-refractivity contribution in [2.45, 2.75) is 5.41 Å². The summed E-state index contributed by atoms with van der Waals surface area (Å²) in [6.07, 6.45) is 13.6. The highest BCUT2D eigenvalue weighted by Crippen LogP contribution is 2.63. The molecule has 10 aromatic rings. The molecule has 67 heavy (non-hydrogen) atoms. The topological polar surface area (TPSA) is 6.48 Å². The fourth-order valence-electron chi connectivity index (χ4n) is 11.7. The predicted molar refractivity (Wildman–Crippen MR) is 283 cm³/mol. The van der Waals surface area contributed by atoms with Gasteiger partial charge >= 0.3 is 0 Å². The van der Waals surface area contributed by atoms with Crippen molar-refractivity contribution in [1.82, 2.24) is 0 Å². The normalized spacial score (nSPS) is 14.1. The second-order valence-electron chi connectivity index (χ2n) is 18.0. The van der Waals surface area contributed by atoms with E-state index in [1.54, 1.807) is 0 Å². The van der Waals surface area contributed by atoms with Crippen molar-refractivity contribution in [2.75, 3.05) is 9.80 Å². The molecule has 0 bridgehead atoms. The molecule has 1 spiro atoms. The zero-order valence-corrected chi connectivity index (χ0v) is 36.6. The third-order valence-corrected chi connectivity index (χ3v) is 14.6. The fraction of sp³-hybridized carbons (Fsp3) is 0.0154. The maximum Gasteiger partial charge on any atom is 0.0726 e. The van der Waals surface area contributed by atoms with Gasteiger partial charge in [-0.3, -0.25) is 0 Å². The minimum atomic E-state index is -0.510. The molecule has 0 fully saturated rings. The maximum atomic E-state index is 2.49. The van der Waals surface area contributed by atoms with E-state index in [2.05, 4.69) is 265 Å². The van der Waals surface area contributed by atoms with Crippen LogP contribution in [0.25, 0.3) is 69.5 Å². The number of para-hydroxylation sites is 4. The Kier molecular flexibility index (Phi) is 8.23. The minimum absolute atomic E-state index is 0.510. The Morgan fingerprint density at radius 1 is 0.299 bits per heavy atom. The van der Waals surface area contributed by atoms with Gasteiger partial charge in [0.15, 0.2) is 0 Å². The van der Waals surface area contributed by atoms with Gasteiger partial charge in [-0.05, 0) is 132 Å². The molecule has 312 valence electrons. The molecule has 2 nitrogen and oxygen atoms in total. The Bertz CT molecular complexity index is 3640. The molecule has 0 atom stereocenters. The van der Waals surface area contributed by atoms with E-state index in [9.17, 15) is 0 Å². The number of anilines is 6. The molecule has 2 heteroatoms. The zero-order chi connectivity index (χ0) is 44.1. The molecular weight excluding hydrogens is 809 g/mol. The largest absolute Gasteiger partial charge is 0.309 e. The monoisotopic (exact) mass is 850 g/mol. The predicted octanol–water partition coefficient (Wildman–Crippen LogP) is 17.3. The fourth-order valence-corrected chi connectivity index (χ4v) is 11.7. The van der Waals surface area contributed by atoms with Crippen molar-refractivity contribution in [2.24, 2.45) is 0 Å². The first-order chi connectivity index (χ1) is 33.2. The van der Waals surface area contributed by atoms with Gasteiger partial charge in [-0.2, -0.15) is 0 Å². The summed E-state index contributed by atoms with van der Waals surface area (Å²) in [5, 5.41) is 2.42. The Labute approximate surface area is 391 Å². The van der Waals surface area contributed by atoms with Crippen molar-refractivity contribution in [3.05, 3.63) is 274 Å². The van der Waals surface area contributed by atoms with E-state index in [0.717, 1.165) is 11.4 Å². The van der Waals surface area contributed by atoms with Crippen molar-refractivity contribution in [3.8, 4) is 22.3 Å². The Morgan fingerprint density at radius 3 is 1.33 bits per heavy atom. The van der Waals surface area contributed by atoms with E-state index in [-0.39, 0.29) is 0 Å². The highest BCUT2D eigenvalue weighted by atomic mass is 15.2. The minimum Gasteiger partial charge on any atom is -0.309 e. The van der Waals surface area contributed by atoms with Crippen LogP contribution in [0.1, 0.15) is 55.6 Å². The Morgan fingerprint density at radius 2 is 0.746 bits per heavy atom. The lowest BCUT2D eigenvalue weighted by Crippen LogP contribution is -2.26. The van der Waals surface area contributed by atoms with E-state index >= 15 is 0 Å². The Balaban J connectivity index is 0.927. The standard InChI is InChI=1S/C65H42N2/c1-11-25-60-45(15-1)32-33-46-16-2-12-26-61(46)66(60)49-37-39-54-53-38-30-43(41-58(53)65(59(54)42-49)56-23-9-7-20-51(56)52-21-8-10-24-57(52)65)29-31-44-36-40-64(55-22-6-5-19-50(44)55)67-62-27-13-3-17-47(62)34-35-48-18-4-14-28-63(48)67/h1-42H/b31-29+. The first-order valence-electron chi connectivity index (χ1n) is 23.3. The Hall–Kier alpha value is -8.72. The molecule has 0 amide bonds. The number of benzene rings is 10. The van der Waals surface area contributed by atoms with Crippen LogP contribution in [0.4, 0.5) is 34.1 Å².